The van der Waals surface area contributed by atoms with Crippen molar-refractivity contribution in [3.63, 3.8) is 0 Å². The second kappa shape index (κ2) is 6.25. The SMILES string of the molecule is COc1ccc2nc(N[C@H]3CCN(c4cc(=O)[nH]c(=O)[nH]4)C3)sc2c1. The first kappa shape index (κ1) is 15.7. The molecule has 2 aromatic heterocycles. The largest absolute Gasteiger partial charge is 0.497 e. The lowest BCUT2D eigenvalue weighted by Gasteiger charge is -2.17. The van der Waals surface area contributed by atoms with Gasteiger partial charge in [0.15, 0.2) is 5.13 Å². The molecule has 25 heavy (non-hydrogen) atoms. The van der Waals surface area contributed by atoms with Crippen LogP contribution in [0.5, 0.6) is 5.75 Å². The summed E-state index contributed by atoms with van der Waals surface area (Å²) in [7, 11) is 1.65. The fraction of sp³-hybridized carbons (Fsp3) is 0.312. The third-order valence-electron chi connectivity index (χ3n) is 4.20. The minimum absolute atomic E-state index is 0.199. The number of nitrogens with one attached hydrogen (secondary N) is 3. The standard InChI is InChI=1S/C16H17N5O3S/c1-24-10-2-3-11-12(6-10)25-16(18-11)17-9-4-5-21(8-9)13-7-14(22)20-15(23)19-13/h2-3,6-7,9H,4-5,8H2,1H3,(H,17,18)(H2,19,20,22,23)/t9-/m0/s1. The number of hydrogen-bond donors (Lipinski definition) is 3. The second-order valence-electron chi connectivity index (χ2n) is 5.90. The summed E-state index contributed by atoms with van der Waals surface area (Å²) in [5.41, 5.74) is 0.0522. The molecule has 8 nitrogen and oxygen atoms in total. The maximum absolute atomic E-state index is 11.5. The third-order valence-corrected chi connectivity index (χ3v) is 5.15. The molecule has 1 aliphatic rings. The molecule has 0 unspecified atom stereocenters. The molecule has 130 valence electrons. The quantitative estimate of drug-likeness (QED) is 0.650. The highest BCUT2D eigenvalue weighted by molar-refractivity contribution is 7.22. The maximum atomic E-state index is 11.5. The van der Waals surface area contributed by atoms with Gasteiger partial charge in [-0.1, -0.05) is 11.3 Å². The van der Waals surface area contributed by atoms with Crippen molar-refractivity contribution >= 4 is 32.5 Å². The molecule has 1 saturated heterocycles. The van der Waals surface area contributed by atoms with E-state index >= 15 is 0 Å². The monoisotopic (exact) mass is 359 g/mol. The van der Waals surface area contributed by atoms with Gasteiger partial charge in [-0.3, -0.25) is 14.8 Å². The summed E-state index contributed by atoms with van der Waals surface area (Å²) in [6.45, 7) is 1.45. The first-order valence-corrected chi connectivity index (χ1v) is 8.72. The second-order valence-corrected chi connectivity index (χ2v) is 6.93. The molecule has 0 radical (unpaired) electrons. The average molecular weight is 359 g/mol. The summed E-state index contributed by atoms with van der Waals surface area (Å²) >= 11 is 1.58. The van der Waals surface area contributed by atoms with Crippen molar-refractivity contribution in [3.05, 3.63) is 45.1 Å². The Morgan fingerprint density at radius 3 is 3.00 bits per heavy atom. The fourth-order valence-corrected chi connectivity index (χ4v) is 3.96. The Morgan fingerprint density at radius 2 is 2.20 bits per heavy atom. The number of fused-ring (bicyclic) bond motifs is 1. The van der Waals surface area contributed by atoms with Crippen LogP contribution in [-0.2, 0) is 0 Å². The van der Waals surface area contributed by atoms with Crippen molar-refractivity contribution < 1.29 is 4.74 Å². The van der Waals surface area contributed by atoms with Gasteiger partial charge < -0.3 is 15.0 Å². The van der Waals surface area contributed by atoms with Gasteiger partial charge in [-0.25, -0.2) is 9.78 Å². The van der Waals surface area contributed by atoms with E-state index in [0.717, 1.165) is 34.1 Å². The molecule has 0 spiro atoms. The van der Waals surface area contributed by atoms with Crippen molar-refractivity contribution in [1.29, 1.82) is 0 Å². The Bertz CT molecular complexity index is 996. The molecule has 0 saturated carbocycles. The topological polar surface area (TPSA) is 103 Å². The molecule has 1 fully saturated rings. The van der Waals surface area contributed by atoms with Gasteiger partial charge in [-0.2, -0.15) is 0 Å². The van der Waals surface area contributed by atoms with Crippen LogP contribution in [-0.4, -0.2) is 41.2 Å². The highest BCUT2D eigenvalue weighted by Crippen LogP contribution is 2.30. The number of thiazole rings is 1. The van der Waals surface area contributed by atoms with Gasteiger partial charge in [0.05, 0.1) is 17.3 Å². The molecular formula is C16H17N5O3S. The fourth-order valence-electron chi connectivity index (χ4n) is 2.99. The number of ether oxygens (including phenoxy) is 1. The number of H-pyrrole nitrogens is 2. The minimum atomic E-state index is -0.487. The lowest BCUT2D eigenvalue weighted by Crippen LogP contribution is -2.30. The Hall–Kier alpha value is -2.81. The van der Waals surface area contributed by atoms with Gasteiger partial charge in [0.2, 0.25) is 0 Å². The zero-order valence-corrected chi connectivity index (χ0v) is 14.4. The van der Waals surface area contributed by atoms with Gasteiger partial charge in [0, 0.05) is 25.2 Å². The van der Waals surface area contributed by atoms with E-state index in [1.54, 1.807) is 18.4 Å². The Balaban J connectivity index is 1.49. The van der Waals surface area contributed by atoms with E-state index in [0.29, 0.717) is 12.4 Å². The lowest BCUT2D eigenvalue weighted by molar-refractivity contribution is 0.415. The van der Waals surface area contributed by atoms with E-state index in [1.165, 1.54) is 6.07 Å². The van der Waals surface area contributed by atoms with Crippen molar-refractivity contribution in [2.24, 2.45) is 0 Å². The number of aromatic nitrogens is 3. The summed E-state index contributed by atoms with van der Waals surface area (Å²) in [5.74, 6) is 1.36. The molecule has 1 aliphatic heterocycles. The average Bonchev–Trinajstić information content (AvgIpc) is 3.19. The van der Waals surface area contributed by atoms with Crippen LogP contribution >= 0.6 is 11.3 Å². The summed E-state index contributed by atoms with van der Waals surface area (Å²) in [6, 6.07) is 7.42. The predicted octanol–water partition coefficient (Wildman–Crippen LogP) is 1.37. The van der Waals surface area contributed by atoms with Crippen molar-refractivity contribution in [1.82, 2.24) is 15.0 Å². The van der Waals surface area contributed by atoms with E-state index in [9.17, 15) is 9.59 Å². The molecule has 3 aromatic rings. The summed E-state index contributed by atoms with van der Waals surface area (Å²) < 4.78 is 6.31. The van der Waals surface area contributed by atoms with Gasteiger partial charge in [0.1, 0.15) is 11.6 Å². The van der Waals surface area contributed by atoms with Gasteiger partial charge in [0.25, 0.3) is 5.56 Å². The predicted molar refractivity (Wildman–Crippen MR) is 98.1 cm³/mol. The molecular weight excluding hydrogens is 342 g/mol. The summed E-state index contributed by atoms with van der Waals surface area (Å²) in [4.78, 5) is 34.3. The number of benzene rings is 1. The molecule has 0 amide bonds. The summed E-state index contributed by atoms with van der Waals surface area (Å²) in [5, 5.41) is 4.30. The normalized spacial score (nSPS) is 17.2. The van der Waals surface area contributed by atoms with Crippen molar-refractivity contribution in [2.45, 2.75) is 12.5 Å². The molecule has 1 atom stereocenters. The minimum Gasteiger partial charge on any atom is -0.497 e. The van der Waals surface area contributed by atoms with Gasteiger partial charge in [-0.15, -0.1) is 0 Å². The van der Waals surface area contributed by atoms with E-state index in [-0.39, 0.29) is 6.04 Å². The van der Waals surface area contributed by atoms with Gasteiger partial charge in [-0.05, 0) is 24.6 Å². The van der Waals surface area contributed by atoms with Crippen molar-refractivity contribution in [3.8, 4) is 5.75 Å². The molecule has 0 aliphatic carbocycles. The van der Waals surface area contributed by atoms with Crippen LogP contribution in [0.1, 0.15) is 6.42 Å². The van der Waals surface area contributed by atoms with Crippen LogP contribution < -0.4 is 26.2 Å². The van der Waals surface area contributed by atoms with E-state index in [4.69, 9.17) is 4.74 Å². The van der Waals surface area contributed by atoms with Gasteiger partial charge >= 0.3 is 5.69 Å². The van der Waals surface area contributed by atoms with Crippen LogP contribution in [0.3, 0.4) is 0 Å². The van der Waals surface area contributed by atoms with E-state index in [1.807, 2.05) is 23.1 Å². The molecule has 3 N–H and O–H groups in total. The molecule has 1 aromatic carbocycles. The highest BCUT2D eigenvalue weighted by atomic mass is 32.1. The number of aromatic amines is 2. The number of hydrogen-bond acceptors (Lipinski definition) is 7. The Morgan fingerprint density at radius 1 is 1.32 bits per heavy atom. The molecule has 9 heteroatoms. The smallest absolute Gasteiger partial charge is 0.327 e. The first-order valence-electron chi connectivity index (χ1n) is 7.90. The zero-order valence-electron chi connectivity index (χ0n) is 13.5. The van der Waals surface area contributed by atoms with Crippen molar-refractivity contribution in [2.75, 3.05) is 30.4 Å². The number of methoxy groups -OCH3 is 1. The number of rotatable bonds is 4. The Kier molecular flexibility index (Phi) is 3.92. The van der Waals surface area contributed by atoms with Crippen LogP contribution in [0.2, 0.25) is 0 Å². The van der Waals surface area contributed by atoms with Crippen LogP contribution in [0, 0.1) is 0 Å². The molecule has 4 rings (SSSR count). The number of anilines is 2. The van der Waals surface area contributed by atoms with Crippen LogP contribution in [0.15, 0.2) is 33.9 Å². The first-order chi connectivity index (χ1) is 12.1. The van der Waals surface area contributed by atoms with Crippen LogP contribution in [0.25, 0.3) is 10.2 Å². The lowest BCUT2D eigenvalue weighted by atomic mass is 10.3. The third kappa shape index (κ3) is 3.22. The zero-order chi connectivity index (χ0) is 17.4. The number of nitrogens with zero attached hydrogens (tertiary/aromatic N) is 2. The summed E-state index contributed by atoms with van der Waals surface area (Å²) in [6.07, 6.45) is 0.897. The van der Waals surface area contributed by atoms with E-state index < -0.39 is 11.2 Å². The molecule has 0 bridgehead atoms. The maximum Gasteiger partial charge on any atom is 0.327 e. The molecule has 3 heterocycles. The van der Waals surface area contributed by atoms with E-state index in [2.05, 4.69) is 20.3 Å². The van der Waals surface area contributed by atoms with Crippen LogP contribution in [0.4, 0.5) is 10.9 Å². The highest BCUT2D eigenvalue weighted by Gasteiger charge is 2.24. The Labute approximate surface area is 146 Å².